The summed E-state index contributed by atoms with van der Waals surface area (Å²) in [4.78, 5) is 10.2. The fraction of sp³-hybridized carbons (Fsp3) is 0. The van der Waals surface area contributed by atoms with Crippen LogP contribution < -0.4 is 0 Å². The van der Waals surface area contributed by atoms with E-state index in [-0.39, 0.29) is 0 Å². The molecule has 2 nitrogen and oxygen atoms in total. The second-order valence-corrected chi connectivity index (χ2v) is 3.61. The number of benzene rings is 1. The fourth-order valence-corrected chi connectivity index (χ4v) is 1.22. The summed E-state index contributed by atoms with van der Waals surface area (Å²) in [5, 5.41) is 8.93. The number of carboxylic acids is 1. The highest BCUT2D eigenvalue weighted by molar-refractivity contribution is 9.10. The first kappa shape index (κ1) is 10.3. The molecule has 0 fully saturated rings. The van der Waals surface area contributed by atoms with E-state index < -0.39 is 5.97 Å². The Morgan fingerprint density at radius 1 is 1.54 bits per heavy atom. The molecule has 1 N–H and O–H groups in total. The van der Waals surface area contributed by atoms with E-state index in [1.54, 1.807) is 18.2 Å². The van der Waals surface area contributed by atoms with E-state index in [0.717, 1.165) is 16.1 Å². The van der Waals surface area contributed by atoms with Crippen molar-refractivity contribution < 1.29 is 9.90 Å². The number of hydrogen-bond acceptors (Lipinski definition) is 1. The normalized spacial score (nSPS) is 10.6. The molecule has 68 valence electrons. The fourth-order valence-electron chi connectivity index (χ4n) is 0.784. The molecule has 0 aromatic heterocycles. The predicted molar refractivity (Wildman–Crippen MR) is 55.8 cm³/mol. The monoisotopic (exact) mass is 260 g/mol. The van der Waals surface area contributed by atoms with Crippen LogP contribution in [0.4, 0.5) is 0 Å². The zero-order valence-corrected chi connectivity index (χ0v) is 8.84. The van der Waals surface area contributed by atoms with Gasteiger partial charge in [0.2, 0.25) is 0 Å². The van der Waals surface area contributed by atoms with Crippen LogP contribution in [0.2, 0.25) is 5.02 Å². The van der Waals surface area contributed by atoms with Gasteiger partial charge in [0.1, 0.15) is 0 Å². The minimum atomic E-state index is -0.973. The summed E-state index contributed by atoms with van der Waals surface area (Å²) in [6.07, 6.45) is 2.56. The van der Waals surface area contributed by atoms with Gasteiger partial charge in [0.05, 0.1) is 5.02 Å². The van der Waals surface area contributed by atoms with E-state index in [0.29, 0.717) is 5.02 Å². The number of hydrogen-bond donors (Lipinski definition) is 1. The second kappa shape index (κ2) is 4.44. The zero-order valence-electron chi connectivity index (χ0n) is 6.50. The molecule has 0 aliphatic heterocycles. The maximum absolute atomic E-state index is 10.2. The van der Waals surface area contributed by atoms with Crippen LogP contribution >= 0.6 is 27.5 Å². The summed E-state index contributed by atoms with van der Waals surface area (Å²) >= 11 is 9.04. The van der Waals surface area contributed by atoms with Gasteiger partial charge in [-0.1, -0.05) is 17.7 Å². The summed E-state index contributed by atoms with van der Waals surface area (Å²) in [5.74, 6) is -0.973. The van der Waals surface area contributed by atoms with Crippen molar-refractivity contribution >= 4 is 39.6 Å². The van der Waals surface area contributed by atoms with Crippen LogP contribution in [-0.4, -0.2) is 11.1 Å². The Labute approximate surface area is 89.0 Å². The molecule has 4 heteroatoms. The van der Waals surface area contributed by atoms with Gasteiger partial charge in [0, 0.05) is 10.5 Å². The largest absolute Gasteiger partial charge is 0.478 e. The van der Waals surface area contributed by atoms with Gasteiger partial charge >= 0.3 is 5.97 Å². The molecule has 13 heavy (non-hydrogen) atoms. The van der Waals surface area contributed by atoms with Gasteiger partial charge < -0.3 is 5.11 Å². The van der Waals surface area contributed by atoms with Crippen molar-refractivity contribution in [3.8, 4) is 0 Å². The van der Waals surface area contributed by atoms with E-state index in [1.807, 2.05) is 0 Å². The lowest BCUT2D eigenvalue weighted by Gasteiger charge is -1.96. The minimum absolute atomic E-state index is 0.563. The maximum atomic E-state index is 10.2. The zero-order chi connectivity index (χ0) is 9.84. The molecule has 0 saturated heterocycles. The van der Waals surface area contributed by atoms with Gasteiger partial charge in [-0.05, 0) is 39.7 Å². The SMILES string of the molecule is O=C(O)C=Cc1ccc(Br)c(Cl)c1. The van der Waals surface area contributed by atoms with Crippen LogP contribution in [0.25, 0.3) is 6.08 Å². The number of aliphatic carboxylic acids is 1. The van der Waals surface area contributed by atoms with Crippen LogP contribution in [0, 0.1) is 0 Å². The highest BCUT2D eigenvalue weighted by Crippen LogP contribution is 2.23. The highest BCUT2D eigenvalue weighted by Gasteiger charge is 1.96. The van der Waals surface area contributed by atoms with Gasteiger partial charge in [-0.15, -0.1) is 0 Å². The van der Waals surface area contributed by atoms with Gasteiger partial charge in [-0.25, -0.2) is 4.79 Å². The lowest BCUT2D eigenvalue weighted by Crippen LogP contribution is -1.85. The summed E-state index contributed by atoms with van der Waals surface area (Å²) in [5.41, 5.74) is 0.760. The van der Waals surface area contributed by atoms with Crippen molar-refractivity contribution in [3.05, 3.63) is 39.3 Å². The Balaban J connectivity index is 2.92. The van der Waals surface area contributed by atoms with E-state index in [4.69, 9.17) is 16.7 Å². The van der Waals surface area contributed by atoms with E-state index in [2.05, 4.69) is 15.9 Å². The van der Waals surface area contributed by atoms with E-state index in [9.17, 15) is 4.79 Å². The predicted octanol–water partition coefficient (Wildman–Crippen LogP) is 3.20. The van der Waals surface area contributed by atoms with Crippen molar-refractivity contribution in [2.45, 2.75) is 0 Å². The third-order valence-corrected chi connectivity index (χ3v) is 2.59. The Morgan fingerprint density at radius 2 is 2.23 bits per heavy atom. The number of rotatable bonds is 2. The van der Waals surface area contributed by atoms with Crippen LogP contribution in [0.3, 0.4) is 0 Å². The molecule has 1 aromatic rings. The molecule has 0 radical (unpaired) electrons. The summed E-state index contributed by atoms with van der Waals surface area (Å²) in [6.45, 7) is 0. The van der Waals surface area contributed by atoms with Crippen LogP contribution in [-0.2, 0) is 4.79 Å². The number of carbonyl (C=O) groups is 1. The van der Waals surface area contributed by atoms with Gasteiger partial charge in [-0.3, -0.25) is 0 Å². The van der Waals surface area contributed by atoms with Crippen LogP contribution in [0.5, 0.6) is 0 Å². The molecule has 0 amide bonds. The first-order chi connectivity index (χ1) is 6.09. The molecule has 0 aliphatic rings. The minimum Gasteiger partial charge on any atom is -0.478 e. The number of carboxylic acid groups (broad SMARTS) is 1. The molecule has 0 atom stereocenters. The molecular formula is C9H6BrClO2. The lowest BCUT2D eigenvalue weighted by atomic mass is 10.2. The lowest BCUT2D eigenvalue weighted by molar-refractivity contribution is -0.131. The molecular weight excluding hydrogens is 255 g/mol. The molecule has 0 saturated carbocycles. The third-order valence-electron chi connectivity index (χ3n) is 1.36. The quantitative estimate of drug-likeness (QED) is 0.830. The van der Waals surface area contributed by atoms with Crippen molar-refractivity contribution in [1.29, 1.82) is 0 Å². The van der Waals surface area contributed by atoms with Gasteiger partial charge in [0.25, 0.3) is 0 Å². The third kappa shape index (κ3) is 3.20. The molecule has 1 aromatic carbocycles. The molecule has 0 unspecified atom stereocenters. The van der Waals surface area contributed by atoms with E-state index >= 15 is 0 Å². The first-order valence-electron chi connectivity index (χ1n) is 3.45. The first-order valence-corrected chi connectivity index (χ1v) is 4.63. The Hall–Kier alpha value is -0.800. The van der Waals surface area contributed by atoms with Crippen molar-refractivity contribution in [2.24, 2.45) is 0 Å². The average Bonchev–Trinajstić information content (AvgIpc) is 2.07. The van der Waals surface area contributed by atoms with Crippen molar-refractivity contribution in [3.63, 3.8) is 0 Å². The second-order valence-electron chi connectivity index (χ2n) is 2.35. The smallest absolute Gasteiger partial charge is 0.328 e. The van der Waals surface area contributed by atoms with E-state index in [1.165, 1.54) is 6.08 Å². The number of halogens is 2. The molecule has 0 aliphatic carbocycles. The van der Waals surface area contributed by atoms with Crippen LogP contribution in [0.15, 0.2) is 28.7 Å². The Bertz CT molecular complexity index is 361. The Kier molecular flexibility index (Phi) is 3.51. The molecule has 0 spiro atoms. The standard InChI is InChI=1S/C9H6BrClO2/c10-7-3-1-6(5-8(7)11)2-4-9(12)13/h1-5H,(H,12,13). The topological polar surface area (TPSA) is 37.3 Å². The maximum Gasteiger partial charge on any atom is 0.328 e. The average molecular weight is 262 g/mol. The molecule has 0 heterocycles. The summed E-state index contributed by atoms with van der Waals surface area (Å²) < 4.78 is 0.793. The highest BCUT2D eigenvalue weighted by atomic mass is 79.9. The van der Waals surface area contributed by atoms with Crippen LogP contribution in [0.1, 0.15) is 5.56 Å². The summed E-state index contributed by atoms with van der Waals surface area (Å²) in [7, 11) is 0. The summed E-state index contributed by atoms with van der Waals surface area (Å²) in [6, 6.07) is 5.23. The Morgan fingerprint density at radius 3 is 2.77 bits per heavy atom. The van der Waals surface area contributed by atoms with Gasteiger partial charge in [0.15, 0.2) is 0 Å². The van der Waals surface area contributed by atoms with Crippen molar-refractivity contribution in [1.82, 2.24) is 0 Å². The van der Waals surface area contributed by atoms with Gasteiger partial charge in [-0.2, -0.15) is 0 Å². The van der Waals surface area contributed by atoms with Crippen molar-refractivity contribution in [2.75, 3.05) is 0 Å². The molecule has 0 bridgehead atoms. The molecule has 1 rings (SSSR count).